The van der Waals surface area contributed by atoms with Crippen LogP contribution in [0.25, 0.3) is 33.4 Å². The number of carbonyl (C=O) groups is 3. The van der Waals surface area contributed by atoms with Crippen molar-refractivity contribution in [3.8, 4) is 22.5 Å². The first-order chi connectivity index (χ1) is 33.4. The molecule has 11 rings (SSSR count). The first-order valence-corrected chi connectivity index (χ1v) is 25.8. The maximum atomic E-state index is 15.3. The summed E-state index contributed by atoms with van der Waals surface area (Å²) in [5, 5.41) is 8.51. The van der Waals surface area contributed by atoms with Gasteiger partial charge in [-0.25, -0.2) is 24.8 Å². The van der Waals surface area contributed by atoms with Crippen LogP contribution in [-0.4, -0.2) is 128 Å². The largest absolute Gasteiger partial charge is 0.464 e. The number of amides is 2. The molecule has 5 aromatic rings. The predicted octanol–water partition coefficient (Wildman–Crippen LogP) is 6.97. The van der Waals surface area contributed by atoms with Gasteiger partial charge < -0.3 is 19.4 Å². The number of ether oxygens (including phenoxy) is 2. The number of methoxy groups -OCH3 is 1. The van der Waals surface area contributed by atoms with Gasteiger partial charge >= 0.3 is 5.97 Å². The lowest BCUT2D eigenvalue weighted by Crippen LogP contribution is -2.63. The summed E-state index contributed by atoms with van der Waals surface area (Å²) >= 11 is 1.45. The van der Waals surface area contributed by atoms with Gasteiger partial charge in [-0.2, -0.15) is 0 Å². The number of nitrogens with zero attached hydrogens (tertiary/aromatic N) is 8. The number of hydrogen-bond acceptors (Lipinski definition) is 13. The van der Waals surface area contributed by atoms with Crippen molar-refractivity contribution in [2.45, 2.75) is 121 Å². The van der Waals surface area contributed by atoms with E-state index in [0.717, 1.165) is 63.5 Å². The minimum Gasteiger partial charge on any atom is -0.464 e. The number of esters is 1. The molecular weight excluding hydrogens is 896 g/mol. The molecule has 7 atom stereocenters. The average Bonchev–Trinajstić information content (AvgIpc) is 4.23. The van der Waals surface area contributed by atoms with Crippen LogP contribution in [0.15, 0.2) is 60.5 Å². The molecule has 8 heterocycles. The Morgan fingerprint density at radius 1 is 1.01 bits per heavy atom. The van der Waals surface area contributed by atoms with Gasteiger partial charge in [0.1, 0.15) is 29.6 Å². The zero-order valence-electron chi connectivity index (χ0n) is 40.1. The molecule has 17 heteroatoms. The van der Waals surface area contributed by atoms with E-state index in [0.29, 0.717) is 62.8 Å². The molecule has 69 heavy (non-hydrogen) atoms. The smallest absolute Gasteiger partial charge is 0.324 e. The van der Waals surface area contributed by atoms with E-state index in [-0.39, 0.29) is 42.4 Å². The fraction of sp³-hybridized carbons (Fsp3) is 0.558. The zero-order valence-corrected chi connectivity index (χ0v) is 41.0. The summed E-state index contributed by atoms with van der Waals surface area (Å²) in [6.07, 6.45) is 8.47. The van der Waals surface area contributed by atoms with Crippen molar-refractivity contribution in [1.82, 2.24) is 50.1 Å². The molecule has 0 radical (unpaired) electrons. The van der Waals surface area contributed by atoms with Gasteiger partial charge in [0, 0.05) is 109 Å². The Morgan fingerprint density at radius 3 is 2.58 bits per heavy atom. The van der Waals surface area contributed by atoms with E-state index in [1.165, 1.54) is 35.5 Å². The number of fused-ring (bicyclic) bond motifs is 6. The fourth-order valence-corrected chi connectivity index (χ4v) is 12.6. The van der Waals surface area contributed by atoms with Crippen LogP contribution in [0.1, 0.15) is 112 Å². The third kappa shape index (κ3) is 8.87. The van der Waals surface area contributed by atoms with Crippen molar-refractivity contribution < 1.29 is 28.2 Å². The Bertz CT molecular complexity index is 2730. The minimum atomic E-state index is -1.11. The summed E-state index contributed by atoms with van der Waals surface area (Å²) in [5.41, 5.74) is 10.4. The van der Waals surface area contributed by atoms with Gasteiger partial charge in [0.05, 0.1) is 41.9 Å². The van der Waals surface area contributed by atoms with E-state index in [4.69, 9.17) is 19.4 Å². The number of piperidine rings is 1. The van der Waals surface area contributed by atoms with E-state index in [1.54, 1.807) is 13.3 Å². The number of nitrogens with one attached hydrogen (secondary N) is 2. The highest BCUT2D eigenvalue weighted by Gasteiger charge is 2.55. The number of aromatic nitrogens is 5. The van der Waals surface area contributed by atoms with Gasteiger partial charge in [-0.15, -0.1) is 11.3 Å². The first-order valence-electron chi connectivity index (χ1n) is 24.9. The fourth-order valence-electron chi connectivity index (χ4n) is 11.6. The van der Waals surface area contributed by atoms with Gasteiger partial charge in [-0.05, 0) is 93.7 Å². The number of carbonyl (C=O) groups excluding carboxylic acids is 3. The molecule has 2 aliphatic carbocycles. The standard InChI is InChI=1S/C52H63FN10O5S/c1-29-42(38-14-18-54-28-56-38)43(29)48(64)58-45-47(60-20-15-32(53)16-21-60)49-57-40(26-69-49)31-10-13-41-36(22-31)37(23-52(3,4)27-68-51(66)39-9-7-19-62(59-39)50(45)65)46(35-8-6-17-55-44(35)30(2)67-5)63(41)34-24-61(25-34)33-11-12-33/h6,8,10,13-14,17-18,22,26,28-30,32-34,39,42-43,45,47,59H,7,9,11-12,15-16,19-21,23-25,27H2,1-5H3,(H,58,64)/t29-,30-,39-,42-,43+,45-,47-/m0/s1. The summed E-state index contributed by atoms with van der Waals surface area (Å²) in [4.78, 5) is 67.6. The second kappa shape index (κ2) is 18.5. The second-order valence-electron chi connectivity index (χ2n) is 21.1. The van der Waals surface area contributed by atoms with Crippen LogP contribution in [0.3, 0.4) is 0 Å². The molecule has 5 fully saturated rings. The van der Waals surface area contributed by atoms with Crippen LogP contribution >= 0.6 is 11.3 Å². The van der Waals surface area contributed by atoms with Gasteiger partial charge in [0.25, 0.3) is 5.91 Å². The Labute approximate surface area is 406 Å². The SMILES string of the molecule is CO[C@@H](C)c1ncccc1-c1c2c3cc(ccc3n1C1CN(C3CC3)C1)-c1csc(n1)[C@@H](N1CCC(F)CC1)[C@H](NC(=O)[C@@H]1[C@@H](C)[C@H]1c1ccncn1)C(=O)N1CCC[C@H](N1)C(=O)OCC(C)(C)C2. The van der Waals surface area contributed by atoms with Crippen LogP contribution in [0.4, 0.5) is 4.39 Å². The number of rotatable bonds is 9. The second-order valence-corrected chi connectivity index (χ2v) is 22.0. The molecule has 0 spiro atoms. The molecule has 15 nitrogen and oxygen atoms in total. The predicted molar refractivity (Wildman–Crippen MR) is 259 cm³/mol. The molecule has 364 valence electrons. The highest BCUT2D eigenvalue weighted by Crippen LogP contribution is 2.53. The number of likely N-dealkylation sites (tertiary alicyclic amines) is 2. The number of hydrazine groups is 1. The highest BCUT2D eigenvalue weighted by atomic mass is 32.1. The molecule has 4 aliphatic heterocycles. The minimum absolute atomic E-state index is 0.0114. The molecule has 6 aliphatic rings. The van der Waals surface area contributed by atoms with Crippen molar-refractivity contribution in [1.29, 1.82) is 0 Å². The molecule has 2 N–H and O–H groups in total. The maximum Gasteiger partial charge on any atom is 0.324 e. The van der Waals surface area contributed by atoms with Crippen molar-refractivity contribution >= 4 is 40.0 Å². The lowest BCUT2D eigenvalue weighted by Gasteiger charge is -2.42. The molecule has 6 bridgehead atoms. The summed E-state index contributed by atoms with van der Waals surface area (Å²) in [6.45, 7) is 11.5. The Balaban J connectivity index is 1.06. The lowest BCUT2D eigenvalue weighted by molar-refractivity contribution is -0.156. The van der Waals surface area contributed by atoms with E-state index >= 15 is 4.79 Å². The van der Waals surface area contributed by atoms with E-state index in [9.17, 15) is 14.0 Å². The summed E-state index contributed by atoms with van der Waals surface area (Å²) in [6, 6.07) is 10.9. The zero-order chi connectivity index (χ0) is 47.7. The highest BCUT2D eigenvalue weighted by molar-refractivity contribution is 7.10. The van der Waals surface area contributed by atoms with Gasteiger partial charge in [0.2, 0.25) is 5.91 Å². The third-order valence-electron chi connectivity index (χ3n) is 15.7. The number of thiazole rings is 1. The van der Waals surface area contributed by atoms with Crippen molar-refractivity contribution in [2.75, 3.05) is 46.4 Å². The monoisotopic (exact) mass is 958 g/mol. The van der Waals surface area contributed by atoms with Crippen LogP contribution < -0.4 is 10.7 Å². The number of halogens is 1. The maximum absolute atomic E-state index is 15.3. The number of alkyl halides is 1. The Morgan fingerprint density at radius 2 is 1.83 bits per heavy atom. The van der Waals surface area contributed by atoms with Crippen molar-refractivity contribution in [3.63, 3.8) is 0 Å². The number of hydrogen-bond donors (Lipinski definition) is 2. The summed E-state index contributed by atoms with van der Waals surface area (Å²) in [7, 11) is 1.72. The quantitative estimate of drug-likeness (QED) is 0.146. The summed E-state index contributed by atoms with van der Waals surface area (Å²) in [5.74, 6) is -1.63. The van der Waals surface area contributed by atoms with E-state index in [1.807, 2.05) is 37.6 Å². The lowest BCUT2D eigenvalue weighted by atomic mass is 9.84. The van der Waals surface area contributed by atoms with Crippen LogP contribution in [0.5, 0.6) is 0 Å². The summed E-state index contributed by atoms with van der Waals surface area (Å²) < 4.78 is 29.7. The number of pyridine rings is 1. The molecule has 3 saturated heterocycles. The van der Waals surface area contributed by atoms with Gasteiger partial charge in [0.15, 0.2) is 0 Å². The Hall–Kier alpha value is -5.20. The van der Waals surface area contributed by atoms with Crippen molar-refractivity contribution in [2.24, 2.45) is 17.3 Å². The third-order valence-corrected chi connectivity index (χ3v) is 16.6. The molecule has 0 unspecified atom stereocenters. The number of cyclic esters (lactones) is 1. The topological polar surface area (TPSA) is 160 Å². The van der Waals surface area contributed by atoms with Crippen LogP contribution in [0.2, 0.25) is 0 Å². The van der Waals surface area contributed by atoms with E-state index < -0.39 is 41.6 Å². The molecule has 2 saturated carbocycles. The molecule has 2 amide bonds. The molecule has 4 aromatic heterocycles. The Kier molecular flexibility index (Phi) is 12.4. The molecule has 1 aromatic carbocycles. The van der Waals surface area contributed by atoms with E-state index in [2.05, 4.69) is 73.2 Å². The normalized spacial score (nSPS) is 27.7. The van der Waals surface area contributed by atoms with Crippen LogP contribution in [-0.2, 0) is 30.3 Å². The van der Waals surface area contributed by atoms with Crippen molar-refractivity contribution in [3.05, 3.63) is 82.5 Å². The van der Waals surface area contributed by atoms with Crippen LogP contribution in [0, 0.1) is 17.3 Å². The molecular formula is C52H63FN10O5S. The first kappa shape index (κ1) is 46.2. The van der Waals surface area contributed by atoms with Gasteiger partial charge in [-0.3, -0.25) is 34.2 Å². The van der Waals surface area contributed by atoms with Gasteiger partial charge in [-0.1, -0.05) is 26.8 Å². The number of benzene rings is 1. The average molecular weight is 959 g/mol.